The van der Waals surface area contributed by atoms with Gasteiger partial charge in [-0.25, -0.2) is 9.97 Å². The highest BCUT2D eigenvalue weighted by Gasteiger charge is 2.34. The topological polar surface area (TPSA) is 80.4 Å². The Labute approximate surface area is 234 Å². The van der Waals surface area contributed by atoms with E-state index in [1.54, 1.807) is 25.5 Å². The highest BCUT2D eigenvalue weighted by Crippen LogP contribution is 2.31. The number of benzene rings is 1. The van der Waals surface area contributed by atoms with Crippen LogP contribution in [0.3, 0.4) is 0 Å². The normalized spacial score (nSPS) is 19.6. The van der Waals surface area contributed by atoms with E-state index in [1.165, 1.54) is 0 Å². The number of anilines is 1. The molecular weight excluding hydrogens is 521 g/mol. The third kappa shape index (κ3) is 5.83. The smallest absolute Gasteiger partial charge is 0.251 e. The number of piperazine rings is 1. The number of hydrogen-bond donors (Lipinski definition) is 2. The van der Waals surface area contributed by atoms with Crippen molar-refractivity contribution in [1.29, 1.82) is 0 Å². The van der Waals surface area contributed by atoms with E-state index in [-0.39, 0.29) is 5.91 Å². The first-order chi connectivity index (χ1) is 18.5. The van der Waals surface area contributed by atoms with Crippen LogP contribution in [0, 0.1) is 0 Å². The zero-order chi connectivity index (χ0) is 26.6. The molecule has 8 nitrogen and oxygen atoms in total. The number of carbonyl (C=O) groups is 1. The summed E-state index contributed by atoms with van der Waals surface area (Å²) in [6.45, 7) is 7.88. The lowest BCUT2D eigenvalue weighted by Crippen LogP contribution is -2.58. The fraction of sp³-hybridized carbons (Fsp3) is 0.464. The number of imidazole rings is 1. The number of hydrogen-bond acceptors (Lipinski definition) is 6. The van der Waals surface area contributed by atoms with Gasteiger partial charge in [0.15, 0.2) is 0 Å². The third-order valence-corrected chi connectivity index (χ3v) is 8.37. The van der Waals surface area contributed by atoms with Gasteiger partial charge in [-0.1, -0.05) is 36.2 Å². The van der Waals surface area contributed by atoms with Gasteiger partial charge < -0.3 is 15.2 Å². The van der Waals surface area contributed by atoms with Crippen LogP contribution in [0.2, 0.25) is 10.0 Å². The number of H-pyrrole nitrogens is 1. The molecule has 2 N–H and O–H groups in total. The molecule has 0 aliphatic carbocycles. The lowest BCUT2D eigenvalue weighted by Gasteiger charge is -2.47. The lowest BCUT2D eigenvalue weighted by atomic mass is 9.97. The molecule has 202 valence electrons. The number of halogens is 2. The molecule has 1 aromatic carbocycles. The summed E-state index contributed by atoms with van der Waals surface area (Å²) in [7, 11) is 1.66. The van der Waals surface area contributed by atoms with Crippen molar-refractivity contribution in [3.05, 3.63) is 64.0 Å². The second kappa shape index (κ2) is 12.0. The molecule has 2 aliphatic rings. The Kier molecular flexibility index (Phi) is 8.53. The van der Waals surface area contributed by atoms with E-state index in [4.69, 9.17) is 28.2 Å². The maximum Gasteiger partial charge on any atom is 0.251 e. The Hall–Kier alpha value is -2.65. The fourth-order valence-electron chi connectivity index (χ4n) is 5.80. The summed E-state index contributed by atoms with van der Waals surface area (Å²) in [5.74, 6) is 1.53. The summed E-state index contributed by atoms with van der Waals surface area (Å²) in [5, 5.41) is 3.98. The van der Waals surface area contributed by atoms with Crippen molar-refractivity contribution in [2.75, 3.05) is 44.7 Å². The molecule has 2 aromatic heterocycles. The van der Waals surface area contributed by atoms with Crippen LogP contribution in [0.15, 0.2) is 42.9 Å². The molecule has 1 atom stereocenters. The number of nitrogens with one attached hydrogen (secondary N) is 2. The van der Waals surface area contributed by atoms with Crippen LogP contribution < -0.4 is 10.2 Å². The predicted octanol–water partition coefficient (Wildman–Crippen LogP) is 4.70. The summed E-state index contributed by atoms with van der Waals surface area (Å²) in [6, 6.07) is 8.57. The quantitative estimate of drug-likeness (QED) is 0.439. The molecule has 0 bridgehead atoms. The molecule has 0 spiro atoms. The van der Waals surface area contributed by atoms with Crippen molar-refractivity contribution in [2.45, 2.75) is 44.8 Å². The van der Waals surface area contributed by atoms with Gasteiger partial charge in [-0.3, -0.25) is 14.6 Å². The Balaban J connectivity index is 1.19. The van der Waals surface area contributed by atoms with Gasteiger partial charge in [0.25, 0.3) is 5.91 Å². The molecule has 2 aliphatic heterocycles. The zero-order valence-corrected chi connectivity index (χ0v) is 23.5. The standard InChI is InChI=1S/C28H35Cl2N7O/c1-3-22-18-36(27-25(30)14-20(16-34-27)26-32-8-9-33-26)12-13-37(22)23-6-10-35(11-7-23)17-19-4-5-21(29)15-24(19)28(38)31-2/h4-5,8-9,14-16,22-23H,3,6-7,10-13,17-18H2,1-2H3,(H,31,38)(H,32,33)/t22-/m0/s1. The zero-order valence-electron chi connectivity index (χ0n) is 22.0. The van der Waals surface area contributed by atoms with Crippen molar-refractivity contribution >= 4 is 34.9 Å². The highest BCUT2D eigenvalue weighted by atomic mass is 35.5. The van der Waals surface area contributed by atoms with E-state index in [2.05, 4.69) is 36.9 Å². The van der Waals surface area contributed by atoms with Crippen molar-refractivity contribution in [2.24, 2.45) is 0 Å². The second-order valence-electron chi connectivity index (χ2n) is 10.1. The maximum atomic E-state index is 12.4. The third-order valence-electron chi connectivity index (χ3n) is 7.86. The van der Waals surface area contributed by atoms with Crippen molar-refractivity contribution in [3.8, 4) is 11.4 Å². The minimum absolute atomic E-state index is 0.0914. The molecule has 5 rings (SSSR count). The van der Waals surface area contributed by atoms with E-state index in [1.807, 2.05) is 24.4 Å². The van der Waals surface area contributed by atoms with Gasteiger partial charge >= 0.3 is 0 Å². The summed E-state index contributed by atoms with van der Waals surface area (Å²) >= 11 is 12.9. The minimum atomic E-state index is -0.0914. The van der Waals surface area contributed by atoms with Crippen LogP contribution in [0.4, 0.5) is 5.82 Å². The minimum Gasteiger partial charge on any atom is -0.355 e. The number of amides is 1. The van der Waals surface area contributed by atoms with Gasteiger partial charge in [-0.05, 0) is 56.1 Å². The Morgan fingerprint density at radius 2 is 1.95 bits per heavy atom. The highest BCUT2D eigenvalue weighted by molar-refractivity contribution is 6.33. The molecule has 3 aromatic rings. The molecule has 0 radical (unpaired) electrons. The molecule has 38 heavy (non-hydrogen) atoms. The molecular formula is C28H35Cl2N7O. The summed E-state index contributed by atoms with van der Waals surface area (Å²) in [4.78, 5) is 32.0. The number of aromatic amines is 1. The first kappa shape index (κ1) is 26.9. The molecule has 4 heterocycles. The Bertz CT molecular complexity index is 1240. The first-order valence-electron chi connectivity index (χ1n) is 13.4. The average Bonchev–Trinajstić information content (AvgIpc) is 3.49. The summed E-state index contributed by atoms with van der Waals surface area (Å²) < 4.78 is 0. The van der Waals surface area contributed by atoms with Gasteiger partial charge in [0.2, 0.25) is 0 Å². The average molecular weight is 557 g/mol. The van der Waals surface area contributed by atoms with E-state index >= 15 is 0 Å². The largest absolute Gasteiger partial charge is 0.355 e. The van der Waals surface area contributed by atoms with Gasteiger partial charge in [-0.15, -0.1) is 0 Å². The Morgan fingerprint density at radius 3 is 2.63 bits per heavy atom. The molecule has 0 unspecified atom stereocenters. The molecule has 1 amide bonds. The van der Waals surface area contributed by atoms with Crippen molar-refractivity contribution in [1.82, 2.24) is 30.1 Å². The number of aromatic nitrogens is 3. The fourth-order valence-corrected chi connectivity index (χ4v) is 6.26. The SMILES string of the molecule is CC[C@H]1CN(c2ncc(-c3ncc[nH]3)cc2Cl)CCN1C1CCN(Cc2ccc(Cl)cc2C(=O)NC)CC1. The summed E-state index contributed by atoms with van der Waals surface area (Å²) in [6.07, 6.45) is 8.70. The molecule has 0 saturated carbocycles. The van der Waals surface area contributed by atoms with Crippen LogP contribution in [0.25, 0.3) is 11.4 Å². The van der Waals surface area contributed by atoms with E-state index in [0.29, 0.717) is 27.7 Å². The van der Waals surface area contributed by atoms with Gasteiger partial charge in [0, 0.05) is 80.1 Å². The monoisotopic (exact) mass is 555 g/mol. The lowest BCUT2D eigenvalue weighted by molar-refractivity contribution is 0.0609. The van der Waals surface area contributed by atoms with E-state index in [0.717, 1.165) is 81.3 Å². The number of likely N-dealkylation sites (tertiary alicyclic amines) is 1. The number of rotatable bonds is 7. The van der Waals surface area contributed by atoms with Crippen molar-refractivity contribution < 1.29 is 4.79 Å². The first-order valence-corrected chi connectivity index (χ1v) is 14.1. The molecule has 10 heteroatoms. The van der Waals surface area contributed by atoms with Crippen LogP contribution in [0.5, 0.6) is 0 Å². The number of pyridine rings is 1. The van der Waals surface area contributed by atoms with E-state index in [9.17, 15) is 4.79 Å². The number of piperidine rings is 1. The van der Waals surface area contributed by atoms with Gasteiger partial charge in [0.05, 0.1) is 5.02 Å². The number of nitrogens with zero attached hydrogens (tertiary/aromatic N) is 5. The van der Waals surface area contributed by atoms with Crippen LogP contribution in [-0.4, -0.2) is 82.5 Å². The van der Waals surface area contributed by atoms with Crippen LogP contribution >= 0.6 is 23.2 Å². The molecule has 2 fully saturated rings. The number of carbonyl (C=O) groups excluding carboxylic acids is 1. The predicted molar refractivity (Wildman–Crippen MR) is 153 cm³/mol. The maximum absolute atomic E-state index is 12.4. The van der Waals surface area contributed by atoms with Crippen LogP contribution in [0.1, 0.15) is 42.1 Å². The summed E-state index contributed by atoms with van der Waals surface area (Å²) in [5.41, 5.74) is 2.57. The van der Waals surface area contributed by atoms with E-state index < -0.39 is 0 Å². The van der Waals surface area contributed by atoms with Crippen molar-refractivity contribution in [3.63, 3.8) is 0 Å². The van der Waals surface area contributed by atoms with Gasteiger partial charge in [0.1, 0.15) is 11.6 Å². The second-order valence-corrected chi connectivity index (χ2v) is 10.9. The van der Waals surface area contributed by atoms with Gasteiger partial charge in [-0.2, -0.15) is 0 Å². The van der Waals surface area contributed by atoms with Crippen LogP contribution in [-0.2, 0) is 6.54 Å². The Morgan fingerprint density at radius 1 is 1.13 bits per heavy atom. The molecule has 2 saturated heterocycles.